The number of hydrogen-bond acceptors (Lipinski definition) is 4. The zero-order chi connectivity index (χ0) is 22.0. The van der Waals surface area contributed by atoms with Gasteiger partial charge in [0.1, 0.15) is 0 Å². The van der Waals surface area contributed by atoms with Gasteiger partial charge in [0.05, 0.1) is 11.4 Å². The Balaban J connectivity index is 1.63. The molecule has 1 aliphatic heterocycles. The van der Waals surface area contributed by atoms with Crippen LogP contribution < -0.4 is 10.2 Å². The van der Waals surface area contributed by atoms with Gasteiger partial charge in [0.2, 0.25) is 11.8 Å². The van der Waals surface area contributed by atoms with E-state index in [4.69, 9.17) is 11.6 Å². The Morgan fingerprint density at radius 2 is 1.48 bits per heavy atom. The van der Waals surface area contributed by atoms with Crippen LogP contribution in [0.15, 0.2) is 72.8 Å². The molecule has 0 bridgehead atoms. The summed E-state index contributed by atoms with van der Waals surface area (Å²) in [6.45, 7) is 0. The lowest BCUT2D eigenvalue weighted by atomic mass is 10.0. The van der Waals surface area contributed by atoms with Gasteiger partial charge in [0.15, 0.2) is 5.78 Å². The fourth-order valence-electron chi connectivity index (χ4n) is 3.40. The summed E-state index contributed by atoms with van der Waals surface area (Å²) >= 11 is 6.09. The average Bonchev–Trinajstić information content (AvgIpc) is 3.13. The van der Waals surface area contributed by atoms with Gasteiger partial charge in [0, 0.05) is 34.6 Å². The molecule has 7 heteroatoms. The number of carbonyl (C=O) groups excluding carboxylic acids is 4. The summed E-state index contributed by atoms with van der Waals surface area (Å²) < 4.78 is 0. The molecule has 6 nitrogen and oxygen atoms in total. The highest BCUT2D eigenvalue weighted by Crippen LogP contribution is 2.26. The lowest BCUT2D eigenvalue weighted by Crippen LogP contribution is -2.28. The molecule has 1 saturated heterocycles. The molecule has 3 amide bonds. The molecule has 1 N–H and O–H groups in total. The standard InChI is InChI=1S/C24H17ClN2O4/c25-17-9-10-20(19(14-17)23(30)15-5-2-1-3-6-15)26-24(31)16-7-4-8-18(13-16)27-21(28)11-12-22(27)29/h1-10,13-14H,11-12H2,(H,26,31). The predicted molar refractivity (Wildman–Crippen MR) is 117 cm³/mol. The number of rotatable bonds is 5. The number of nitrogens with zero attached hydrogens (tertiary/aromatic N) is 1. The molecule has 0 spiro atoms. The Morgan fingerprint density at radius 1 is 0.806 bits per heavy atom. The predicted octanol–water partition coefficient (Wildman–Crippen LogP) is 4.48. The van der Waals surface area contributed by atoms with E-state index < -0.39 is 5.91 Å². The second-order valence-electron chi connectivity index (χ2n) is 7.01. The van der Waals surface area contributed by atoms with Crippen LogP contribution in [-0.2, 0) is 9.59 Å². The summed E-state index contributed by atoms with van der Waals surface area (Å²) in [4.78, 5) is 50.9. The normalized spacial score (nSPS) is 13.4. The Labute approximate surface area is 183 Å². The number of carbonyl (C=O) groups is 4. The molecule has 1 fully saturated rings. The van der Waals surface area contributed by atoms with Crippen molar-refractivity contribution in [1.29, 1.82) is 0 Å². The molecule has 1 aliphatic rings. The summed E-state index contributed by atoms with van der Waals surface area (Å²) in [5.41, 5.74) is 1.62. The zero-order valence-corrected chi connectivity index (χ0v) is 17.1. The van der Waals surface area contributed by atoms with Crippen molar-refractivity contribution in [3.05, 3.63) is 94.5 Å². The molecule has 0 atom stereocenters. The zero-order valence-electron chi connectivity index (χ0n) is 16.3. The Morgan fingerprint density at radius 3 is 2.19 bits per heavy atom. The fourth-order valence-corrected chi connectivity index (χ4v) is 3.58. The van der Waals surface area contributed by atoms with Crippen molar-refractivity contribution < 1.29 is 19.2 Å². The van der Waals surface area contributed by atoms with Crippen LogP contribution >= 0.6 is 11.6 Å². The third-order valence-corrected chi connectivity index (χ3v) is 5.16. The van der Waals surface area contributed by atoms with E-state index in [9.17, 15) is 19.2 Å². The quantitative estimate of drug-likeness (QED) is 0.476. The van der Waals surface area contributed by atoms with Gasteiger partial charge in [-0.1, -0.05) is 48.0 Å². The molecule has 3 aromatic carbocycles. The highest BCUT2D eigenvalue weighted by atomic mass is 35.5. The van der Waals surface area contributed by atoms with Crippen molar-refractivity contribution in [2.75, 3.05) is 10.2 Å². The second-order valence-corrected chi connectivity index (χ2v) is 7.45. The summed E-state index contributed by atoms with van der Waals surface area (Å²) in [5.74, 6) is -1.35. The van der Waals surface area contributed by atoms with E-state index >= 15 is 0 Å². The van der Waals surface area contributed by atoms with Gasteiger partial charge in [-0.3, -0.25) is 24.1 Å². The van der Waals surface area contributed by atoms with Gasteiger partial charge >= 0.3 is 0 Å². The van der Waals surface area contributed by atoms with Crippen molar-refractivity contribution in [3.8, 4) is 0 Å². The second kappa shape index (κ2) is 8.53. The van der Waals surface area contributed by atoms with Crippen molar-refractivity contribution >= 4 is 46.5 Å². The van der Waals surface area contributed by atoms with Crippen molar-refractivity contribution in [2.45, 2.75) is 12.8 Å². The molecule has 3 aromatic rings. The number of nitrogens with one attached hydrogen (secondary N) is 1. The molecule has 0 unspecified atom stereocenters. The molecule has 4 rings (SSSR count). The van der Waals surface area contributed by atoms with Crippen molar-refractivity contribution in [1.82, 2.24) is 0 Å². The highest BCUT2D eigenvalue weighted by Gasteiger charge is 2.30. The van der Waals surface area contributed by atoms with E-state index in [1.807, 2.05) is 0 Å². The molecule has 0 aliphatic carbocycles. The van der Waals surface area contributed by atoms with E-state index in [-0.39, 0.29) is 41.6 Å². The minimum Gasteiger partial charge on any atom is -0.321 e. The van der Waals surface area contributed by atoms with E-state index in [0.29, 0.717) is 22.0 Å². The highest BCUT2D eigenvalue weighted by molar-refractivity contribution is 6.31. The summed E-state index contributed by atoms with van der Waals surface area (Å²) in [5, 5.41) is 3.10. The summed E-state index contributed by atoms with van der Waals surface area (Å²) in [6.07, 6.45) is 0.315. The number of ketones is 1. The van der Waals surface area contributed by atoms with Crippen LogP contribution in [0.25, 0.3) is 0 Å². The van der Waals surface area contributed by atoms with Crippen molar-refractivity contribution in [2.24, 2.45) is 0 Å². The molecular formula is C24H17ClN2O4. The number of benzene rings is 3. The first-order chi connectivity index (χ1) is 14.9. The van der Waals surface area contributed by atoms with Crippen LogP contribution in [0, 0.1) is 0 Å². The first-order valence-corrected chi connectivity index (χ1v) is 9.98. The van der Waals surface area contributed by atoms with Gasteiger partial charge in [-0.15, -0.1) is 0 Å². The molecule has 0 saturated carbocycles. The minimum absolute atomic E-state index is 0.158. The maximum absolute atomic E-state index is 12.9. The van der Waals surface area contributed by atoms with Gasteiger partial charge < -0.3 is 5.32 Å². The molecule has 1 heterocycles. The lowest BCUT2D eigenvalue weighted by Gasteiger charge is -2.15. The maximum Gasteiger partial charge on any atom is 0.255 e. The smallest absolute Gasteiger partial charge is 0.255 e. The van der Waals surface area contributed by atoms with Gasteiger partial charge in [-0.2, -0.15) is 0 Å². The molecule has 31 heavy (non-hydrogen) atoms. The third-order valence-electron chi connectivity index (χ3n) is 4.93. The number of hydrogen-bond donors (Lipinski definition) is 1. The molecular weight excluding hydrogens is 416 g/mol. The Kier molecular flexibility index (Phi) is 5.64. The number of anilines is 2. The Bertz CT molecular complexity index is 1190. The number of amides is 3. The first-order valence-electron chi connectivity index (χ1n) is 9.60. The number of imide groups is 1. The topological polar surface area (TPSA) is 83.6 Å². The molecule has 154 valence electrons. The van der Waals surface area contributed by atoms with Gasteiger partial charge in [-0.05, 0) is 36.4 Å². The summed E-state index contributed by atoms with van der Waals surface area (Å²) in [7, 11) is 0. The lowest BCUT2D eigenvalue weighted by molar-refractivity contribution is -0.121. The van der Waals surface area contributed by atoms with E-state index in [1.54, 1.807) is 60.7 Å². The van der Waals surface area contributed by atoms with Crippen LogP contribution in [0.3, 0.4) is 0 Å². The Hall–Kier alpha value is -3.77. The van der Waals surface area contributed by atoms with Crippen LogP contribution in [0.2, 0.25) is 5.02 Å². The molecule has 0 radical (unpaired) electrons. The maximum atomic E-state index is 12.9. The van der Waals surface area contributed by atoms with E-state index in [1.165, 1.54) is 12.1 Å². The summed E-state index contributed by atoms with van der Waals surface area (Å²) in [6, 6.07) is 19.6. The SMILES string of the molecule is O=C(Nc1ccc(Cl)cc1C(=O)c1ccccc1)c1cccc(N2C(=O)CCC2=O)c1. The van der Waals surface area contributed by atoms with E-state index in [2.05, 4.69) is 5.32 Å². The van der Waals surface area contributed by atoms with Crippen LogP contribution in [-0.4, -0.2) is 23.5 Å². The van der Waals surface area contributed by atoms with Crippen LogP contribution in [0.4, 0.5) is 11.4 Å². The van der Waals surface area contributed by atoms with E-state index in [0.717, 1.165) is 4.90 Å². The average molecular weight is 433 g/mol. The largest absolute Gasteiger partial charge is 0.321 e. The van der Waals surface area contributed by atoms with Gasteiger partial charge in [-0.25, -0.2) is 0 Å². The van der Waals surface area contributed by atoms with Crippen LogP contribution in [0.5, 0.6) is 0 Å². The fraction of sp³-hybridized carbons (Fsp3) is 0.0833. The van der Waals surface area contributed by atoms with Crippen molar-refractivity contribution in [3.63, 3.8) is 0 Å². The first kappa shape index (κ1) is 20.5. The van der Waals surface area contributed by atoms with Crippen LogP contribution in [0.1, 0.15) is 39.1 Å². The minimum atomic E-state index is -0.481. The monoisotopic (exact) mass is 432 g/mol. The number of halogens is 1. The molecule has 0 aromatic heterocycles. The van der Waals surface area contributed by atoms with Gasteiger partial charge in [0.25, 0.3) is 5.91 Å². The third kappa shape index (κ3) is 4.25.